The zero-order valence-corrected chi connectivity index (χ0v) is 14.4. The van der Waals surface area contributed by atoms with Crippen LogP contribution in [0.25, 0.3) is 16.9 Å². The molecule has 140 valence electrons. The van der Waals surface area contributed by atoms with Gasteiger partial charge in [-0.2, -0.15) is 16.8 Å². The molecule has 0 radical (unpaired) electrons. The van der Waals surface area contributed by atoms with Gasteiger partial charge in [0.15, 0.2) is 0 Å². The summed E-state index contributed by atoms with van der Waals surface area (Å²) in [7, 11) is -9.57. The van der Waals surface area contributed by atoms with Crippen molar-refractivity contribution in [1.29, 1.82) is 0 Å². The molecule has 0 aliphatic rings. The van der Waals surface area contributed by atoms with Gasteiger partial charge in [-0.25, -0.2) is 4.68 Å². The Morgan fingerprint density at radius 1 is 0.857 bits per heavy atom. The third kappa shape index (κ3) is 5.63. The van der Waals surface area contributed by atoms with Gasteiger partial charge in [0.05, 0.1) is 21.2 Å². The topological polar surface area (TPSA) is 159 Å². The van der Waals surface area contributed by atoms with E-state index in [9.17, 15) is 30.7 Å². The molecule has 0 spiro atoms. The van der Waals surface area contributed by atoms with E-state index in [4.69, 9.17) is 0 Å². The number of H-pyrrole nitrogens is 1. The number of hydrogen-bond acceptors (Lipinski definition) is 6. The van der Waals surface area contributed by atoms with Crippen LogP contribution in [0.5, 0.6) is 0 Å². The number of aromatic nitrogens is 3. The first-order chi connectivity index (χ1) is 12.1. The molecular formula is C14H13N3Na2O7S2. The van der Waals surface area contributed by atoms with E-state index in [-0.39, 0.29) is 64.8 Å². The average Bonchev–Trinajstić information content (AvgIpc) is 2.95. The van der Waals surface area contributed by atoms with Crippen LogP contribution < -0.4 is 5.56 Å². The van der Waals surface area contributed by atoms with Gasteiger partial charge in [0, 0.05) is 24.0 Å². The van der Waals surface area contributed by atoms with Gasteiger partial charge in [0.25, 0.3) is 25.8 Å². The number of rotatable bonds is 4. The van der Waals surface area contributed by atoms with E-state index in [0.717, 1.165) is 16.8 Å². The molecule has 0 bridgehead atoms. The number of pyridine rings is 1. The van der Waals surface area contributed by atoms with Gasteiger partial charge in [-0.05, 0) is 30.3 Å². The second-order valence-electron chi connectivity index (χ2n) is 5.19. The number of nitrogens with one attached hydrogen (secondary N) is 1. The van der Waals surface area contributed by atoms with Gasteiger partial charge in [-0.15, -0.1) is 0 Å². The third-order valence-corrected chi connectivity index (χ3v) is 5.09. The first-order valence-corrected chi connectivity index (χ1v) is 9.76. The van der Waals surface area contributed by atoms with Crippen molar-refractivity contribution in [3.63, 3.8) is 0 Å². The van der Waals surface area contributed by atoms with Crippen molar-refractivity contribution in [3.05, 3.63) is 59.1 Å². The van der Waals surface area contributed by atoms with Crippen LogP contribution in [0.3, 0.4) is 0 Å². The number of nitrogens with zero attached hydrogens (tertiary/aromatic N) is 2. The SMILES string of the molecule is O=c1cc(-c2ccncc2)[nH]n1-c1cc(S(=O)(=O)O)cc(S(=O)(=O)O)c1.[NaH].[NaH]. The zero-order chi connectivity index (χ0) is 19.1. The molecular weight excluding hydrogens is 432 g/mol. The normalized spacial score (nSPS) is 11.4. The van der Waals surface area contributed by atoms with Crippen LogP contribution in [0.4, 0.5) is 0 Å². The third-order valence-electron chi connectivity index (χ3n) is 3.43. The summed E-state index contributed by atoms with van der Waals surface area (Å²) in [6.07, 6.45) is 3.00. The van der Waals surface area contributed by atoms with Crippen LogP contribution in [-0.2, 0) is 20.2 Å². The molecule has 0 aliphatic heterocycles. The van der Waals surface area contributed by atoms with Crippen LogP contribution in [-0.4, -0.2) is 99.8 Å². The fraction of sp³-hybridized carbons (Fsp3) is 0. The first-order valence-electron chi connectivity index (χ1n) is 6.88. The van der Waals surface area contributed by atoms with Gasteiger partial charge >= 0.3 is 59.1 Å². The van der Waals surface area contributed by atoms with Gasteiger partial charge < -0.3 is 0 Å². The van der Waals surface area contributed by atoms with Crippen molar-refractivity contribution >= 4 is 79.4 Å². The van der Waals surface area contributed by atoms with Crippen LogP contribution in [0.2, 0.25) is 0 Å². The molecule has 3 N–H and O–H groups in total. The molecule has 0 amide bonds. The van der Waals surface area contributed by atoms with Crippen molar-refractivity contribution in [3.8, 4) is 16.9 Å². The Balaban J connectivity index is 0.00000196. The molecule has 0 atom stereocenters. The van der Waals surface area contributed by atoms with E-state index < -0.39 is 35.6 Å². The van der Waals surface area contributed by atoms with Crippen LogP contribution in [0.1, 0.15) is 0 Å². The molecule has 28 heavy (non-hydrogen) atoms. The first kappa shape index (κ1) is 25.2. The van der Waals surface area contributed by atoms with Crippen molar-refractivity contribution in [2.45, 2.75) is 9.79 Å². The van der Waals surface area contributed by atoms with Gasteiger partial charge in [-0.3, -0.25) is 24.0 Å². The summed E-state index contributed by atoms with van der Waals surface area (Å²) >= 11 is 0. The second kappa shape index (κ2) is 9.34. The number of benzene rings is 1. The molecule has 0 unspecified atom stereocenters. The van der Waals surface area contributed by atoms with E-state index in [2.05, 4.69) is 10.1 Å². The molecule has 14 heteroatoms. The fourth-order valence-corrected chi connectivity index (χ4v) is 3.42. The Morgan fingerprint density at radius 3 is 1.82 bits per heavy atom. The van der Waals surface area contributed by atoms with Crippen molar-refractivity contribution in [1.82, 2.24) is 14.8 Å². The summed E-state index contributed by atoms with van der Waals surface area (Å²) < 4.78 is 64.8. The molecule has 0 fully saturated rings. The number of hydrogen-bond donors (Lipinski definition) is 3. The van der Waals surface area contributed by atoms with Gasteiger partial charge in [-0.1, -0.05) is 0 Å². The minimum atomic E-state index is -4.79. The van der Waals surface area contributed by atoms with Gasteiger partial charge in [0.2, 0.25) is 0 Å². The van der Waals surface area contributed by atoms with E-state index in [1.807, 2.05) is 0 Å². The Hall–Kier alpha value is -0.800. The molecule has 2 heterocycles. The Labute approximate surface area is 204 Å². The second-order valence-corrected chi connectivity index (χ2v) is 8.04. The van der Waals surface area contributed by atoms with Crippen molar-refractivity contribution in [2.75, 3.05) is 0 Å². The predicted octanol–water partition coefficient (Wildman–Crippen LogP) is -0.576. The maximum atomic E-state index is 12.2. The molecule has 3 rings (SSSR count). The summed E-state index contributed by atoms with van der Waals surface area (Å²) in [5.74, 6) is 0. The quantitative estimate of drug-likeness (QED) is 0.355. The predicted molar refractivity (Wildman–Crippen MR) is 104 cm³/mol. The molecule has 1 aromatic carbocycles. The molecule has 0 saturated heterocycles. The summed E-state index contributed by atoms with van der Waals surface area (Å²) in [6, 6.07) is 6.80. The maximum absolute atomic E-state index is 12.2. The summed E-state index contributed by atoms with van der Waals surface area (Å²) in [5.41, 5.74) is 0.142. The van der Waals surface area contributed by atoms with E-state index in [1.54, 1.807) is 12.1 Å². The average molecular weight is 445 g/mol. The van der Waals surface area contributed by atoms with E-state index >= 15 is 0 Å². The molecule has 10 nitrogen and oxygen atoms in total. The van der Waals surface area contributed by atoms with E-state index in [0.29, 0.717) is 17.3 Å². The van der Waals surface area contributed by atoms with Crippen LogP contribution in [0.15, 0.2) is 63.4 Å². The Bertz CT molecular complexity index is 1200. The van der Waals surface area contributed by atoms with Gasteiger partial charge in [0.1, 0.15) is 0 Å². The standard InChI is InChI=1S/C14H11N3O7S2.2Na.2H/c18-14-8-13(9-1-3-15-4-2-9)16-17(14)10-5-11(25(19,20)21)7-12(6-10)26(22,23)24;;;;/h1-8,16H,(H,19,20,21)(H,22,23,24);;;;. The summed E-state index contributed by atoms with van der Waals surface area (Å²) in [4.78, 5) is 14.5. The summed E-state index contributed by atoms with van der Waals surface area (Å²) in [6.45, 7) is 0. The van der Waals surface area contributed by atoms with Crippen molar-refractivity contribution < 1.29 is 25.9 Å². The Kier molecular flexibility index (Phi) is 8.42. The van der Waals surface area contributed by atoms with Crippen molar-refractivity contribution in [2.24, 2.45) is 0 Å². The molecule has 3 aromatic rings. The molecule has 0 aliphatic carbocycles. The molecule has 0 saturated carbocycles. The fourth-order valence-electron chi connectivity index (χ4n) is 2.25. The van der Waals surface area contributed by atoms with Crippen LogP contribution in [0, 0.1) is 0 Å². The monoisotopic (exact) mass is 445 g/mol. The van der Waals surface area contributed by atoms with Crippen LogP contribution >= 0.6 is 0 Å². The summed E-state index contributed by atoms with van der Waals surface area (Å²) in [5, 5.41) is 2.69. The van der Waals surface area contributed by atoms with E-state index in [1.165, 1.54) is 18.5 Å². The Morgan fingerprint density at radius 2 is 1.36 bits per heavy atom. The number of aromatic amines is 1. The minimum absolute atomic E-state index is 0. The molecule has 2 aromatic heterocycles. The zero-order valence-electron chi connectivity index (χ0n) is 12.8.